The Labute approximate surface area is 164 Å². The van der Waals surface area contributed by atoms with Crippen LogP contribution in [-0.4, -0.2) is 27.9 Å². The minimum absolute atomic E-state index is 0.0512. The molecule has 0 unspecified atom stereocenters. The molecule has 2 rings (SSSR count). The van der Waals surface area contributed by atoms with Gasteiger partial charge >= 0.3 is 0 Å². The summed E-state index contributed by atoms with van der Waals surface area (Å²) in [5.74, 6) is -1.63. The maximum absolute atomic E-state index is 12.9. The fourth-order valence-electron chi connectivity index (χ4n) is 2.03. The fourth-order valence-corrected chi connectivity index (χ4v) is 2.20. The van der Waals surface area contributed by atoms with Crippen LogP contribution in [0.5, 0.6) is 0 Å². The van der Waals surface area contributed by atoms with Crippen LogP contribution in [0.2, 0.25) is 0 Å². The van der Waals surface area contributed by atoms with Gasteiger partial charge in [-0.15, -0.1) is 0 Å². The van der Waals surface area contributed by atoms with Gasteiger partial charge in [-0.1, -0.05) is 6.07 Å². The average molecular weight is 405 g/mol. The van der Waals surface area contributed by atoms with Crippen LogP contribution in [0.4, 0.5) is 15.8 Å². The lowest BCUT2D eigenvalue weighted by molar-refractivity contribution is -0.384. The van der Waals surface area contributed by atoms with Gasteiger partial charge in [0.05, 0.1) is 4.92 Å². The Balaban J connectivity index is 1.84. The van der Waals surface area contributed by atoms with Crippen molar-refractivity contribution in [2.45, 2.75) is 13.0 Å². The number of nitrogens with one attached hydrogen (secondary N) is 4. The monoisotopic (exact) mass is 405 g/mol. The van der Waals surface area contributed by atoms with Gasteiger partial charge in [0, 0.05) is 23.4 Å². The molecular weight excluding hydrogens is 389 g/mol. The summed E-state index contributed by atoms with van der Waals surface area (Å²) in [6.07, 6.45) is 0. The summed E-state index contributed by atoms with van der Waals surface area (Å²) in [6.45, 7) is 1.43. The summed E-state index contributed by atoms with van der Waals surface area (Å²) in [4.78, 5) is 34.3. The third-order valence-electron chi connectivity index (χ3n) is 3.46. The number of carbonyl (C=O) groups excluding carboxylic acids is 2. The molecule has 2 amide bonds. The van der Waals surface area contributed by atoms with Crippen molar-refractivity contribution in [1.82, 2.24) is 16.2 Å². The highest BCUT2D eigenvalue weighted by Gasteiger charge is 2.18. The van der Waals surface area contributed by atoms with Crippen molar-refractivity contribution in [3.63, 3.8) is 0 Å². The molecule has 0 aliphatic heterocycles. The quantitative estimate of drug-likeness (QED) is 0.340. The Hall–Kier alpha value is -3.60. The predicted molar refractivity (Wildman–Crippen MR) is 104 cm³/mol. The van der Waals surface area contributed by atoms with E-state index in [1.165, 1.54) is 49.4 Å². The number of hydrogen-bond donors (Lipinski definition) is 4. The van der Waals surface area contributed by atoms with Crippen molar-refractivity contribution < 1.29 is 18.9 Å². The lowest BCUT2D eigenvalue weighted by Crippen LogP contribution is -2.51. The predicted octanol–water partition coefficient (Wildman–Crippen LogP) is 1.87. The van der Waals surface area contributed by atoms with E-state index in [4.69, 9.17) is 12.2 Å². The molecule has 0 bridgehead atoms. The summed E-state index contributed by atoms with van der Waals surface area (Å²) >= 11 is 5.00. The lowest BCUT2D eigenvalue weighted by Gasteiger charge is -2.16. The number of non-ortho nitro benzene ring substituents is 1. The van der Waals surface area contributed by atoms with Crippen molar-refractivity contribution in [1.29, 1.82) is 0 Å². The first-order chi connectivity index (χ1) is 13.3. The van der Waals surface area contributed by atoms with E-state index < -0.39 is 28.6 Å². The number of benzene rings is 2. The smallest absolute Gasteiger partial charge is 0.270 e. The molecule has 0 heterocycles. The number of amides is 2. The van der Waals surface area contributed by atoms with E-state index >= 15 is 0 Å². The lowest BCUT2D eigenvalue weighted by atomic mass is 10.2. The molecule has 2 aromatic carbocycles. The number of nitro groups is 1. The second-order valence-corrected chi connectivity index (χ2v) is 5.99. The molecule has 0 saturated carbocycles. The number of thiocarbonyl (C=S) groups is 1. The number of rotatable bonds is 5. The summed E-state index contributed by atoms with van der Waals surface area (Å²) in [5, 5.41) is 16.0. The van der Waals surface area contributed by atoms with Crippen molar-refractivity contribution in [3.05, 3.63) is 70.0 Å². The molecule has 0 fully saturated rings. The van der Waals surface area contributed by atoms with E-state index in [-0.39, 0.29) is 16.4 Å². The third kappa shape index (κ3) is 5.99. The zero-order valence-corrected chi connectivity index (χ0v) is 15.4. The second kappa shape index (κ2) is 9.37. The Morgan fingerprint density at radius 3 is 2.46 bits per heavy atom. The van der Waals surface area contributed by atoms with Crippen LogP contribution in [0.1, 0.15) is 17.3 Å². The number of halogens is 1. The molecule has 2 aromatic rings. The molecule has 0 radical (unpaired) electrons. The molecule has 1 atom stereocenters. The van der Waals surface area contributed by atoms with E-state index in [0.717, 1.165) is 6.07 Å². The molecule has 4 N–H and O–H groups in total. The first kappa shape index (κ1) is 20.7. The normalized spacial score (nSPS) is 11.1. The molecule has 0 saturated heterocycles. The summed E-state index contributed by atoms with van der Waals surface area (Å²) in [5.41, 5.74) is 5.09. The highest BCUT2D eigenvalue weighted by Crippen LogP contribution is 2.13. The number of hydrazine groups is 1. The van der Waals surface area contributed by atoms with Crippen molar-refractivity contribution in [3.8, 4) is 0 Å². The van der Waals surface area contributed by atoms with Crippen LogP contribution in [0.3, 0.4) is 0 Å². The van der Waals surface area contributed by atoms with Gasteiger partial charge in [0.2, 0.25) is 0 Å². The SMILES string of the molecule is C[C@H](NC(=O)c1cccc([N+](=O)[O-])c1)C(=O)NNC(=S)Nc1ccc(F)cc1. The van der Waals surface area contributed by atoms with Gasteiger partial charge < -0.3 is 10.6 Å². The Morgan fingerprint density at radius 2 is 1.82 bits per heavy atom. The van der Waals surface area contributed by atoms with E-state index in [1.54, 1.807) is 0 Å². The van der Waals surface area contributed by atoms with Gasteiger partial charge in [0.1, 0.15) is 11.9 Å². The first-order valence-corrected chi connectivity index (χ1v) is 8.35. The maximum atomic E-state index is 12.9. The topological polar surface area (TPSA) is 125 Å². The number of anilines is 1. The molecule has 0 aliphatic carbocycles. The molecule has 9 nitrogen and oxygen atoms in total. The van der Waals surface area contributed by atoms with Crippen LogP contribution >= 0.6 is 12.2 Å². The minimum atomic E-state index is -0.951. The summed E-state index contributed by atoms with van der Waals surface area (Å²) < 4.78 is 12.9. The van der Waals surface area contributed by atoms with Gasteiger partial charge in [0.15, 0.2) is 5.11 Å². The molecule has 11 heteroatoms. The van der Waals surface area contributed by atoms with Crippen LogP contribution in [0.25, 0.3) is 0 Å². The van der Waals surface area contributed by atoms with Crippen LogP contribution in [-0.2, 0) is 4.79 Å². The number of hydrogen-bond acceptors (Lipinski definition) is 5. The van der Waals surface area contributed by atoms with Crippen LogP contribution < -0.4 is 21.5 Å². The summed E-state index contributed by atoms with van der Waals surface area (Å²) in [6, 6.07) is 9.61. The third-order valence-corrected chi connectivity index (χ3v) is 3.67. The molecule has 0 aliphatic rings. The van der Waals surface area contributed by atoms with Gasteiger partial charge in [-0.25, -0.2) is 4.39 Å². The van der Waals surface area contributed by atoms with Gasteiger partial charge in [0.25, 0.3) is 17.5 Å². The van der Waals surface area contributed by atoms with Gasteiger partial charge in [-0.05, 0) is 49.5 Å². The van der Waals surface area contributed by atoms with Gasteiger partial charge in [-0.3, -0.25) is 30.6 Å². The number of nitro benzene ring substituents is 1. The van der Waals surface area contributed by atoms with Crippen molar-refractivity contribution in [2.75, 3.05) is 5.32 Å². The maximum Gasteiger partial charge on any atom is 0.270 e. The minimum Gasteiger partial charge on any atom is -0.340 e. The van der Waals surface area contributed by atoms with Crippen LogP contribution in [0, 0.1) is 15.9 Å². The standard InChI is InChI=1S/C17H16FN5O4S/c1-10(19-16(25)11-3-2-4-14(9-11)23(26)27)15(24)21-22-17(28)20-13-7-5-12(18)6-8-13/h2-10H,1H3,(H,19,25)(H,21,24)(H2,20,22,28)/t10-/m0/s1. The molecule has 0 aromatic heterocycles. The largest absolute Gasteiger partial charge is 0.340 e. The second-order valence-electron chi connectivity index (χ2n) is 5.58. The first-order valence-electron chi connectivity index (χ1n) is 7.94. The zero-order chi connectivity index (χ0) is 20.7. The fraction of sp³-hybridized carbons (Fsp3) is 0.118. The van der Waals surface area contributed by atoms with Gasteiger partial charge in [-0.2, -0.15) is 0 Å². The summed E-state index contributed by atoms with van der Waals surface area (Å²) in [7, 11) is 0. The van der Waals surface area contributed by atoms with E-state index in [2.05, 4.69) is 21.5 Å². The molecule has 28 heavy (non-hydrogen) atoms. The van der Waals surface area contributed by atoms with E-state index in [1.807, 2.05) is 0 Å². The zero-order valence-electron chi connectivity index (χ0n) is 14.6. The van der Waals surface area contributed by atoms with E-state index in [9.17, 15) is 24.1 Å². The Kier molecular flexibility index (Phi) is 6.93. The van der Waals surface area contributed by atoms with Crippen molar-refractivity contribution in [2.24, 2.45) is 0 Å². The molecule has 146 valence electrons. The molecule has 0 spiro atoms. The van der Waals surface area contributed by atoms with Crippen molar-refractivity contribution >= 4 is 40.5 Å². The number of carbonyl (C=O) groups is 2. The number of nitrogens with zero attached hydrogens (tertiary/aromatic N) is 1. The Bertz CT molecular complexity index is 907. The van der Waals surface area contributed by atoms with E-state index in [0.29, 0.717) is 5.69 Å². The Morgan fingerprint density at radius 1 is 1.14 bits per heavy atom. The highest BCUT2D eigenvalue weighted by molar-refractivity contribution is 7.80. The van der Waals surface area contributed by atoms with Crippen LogP contribution in [0.15, 0.2) is 48.5 Å². The molecular formula is C17H16FN5O4S. The average Bonchev–Trinajstić information content (AvgIpc) is 2.67. The highest BCUT2D eigenvalue weighted by atomic mass is 32.1.